The van der Waals surface area contributed by atoms with Crippen LogP contribution in [0.15, 0.2) is 82.4 Å². The van der Waals surface area contributed by atoms with Crippen LogP contribution in [0.3, 0.4) is 0 Å². The zero-order valence-corrected chi connectivity index (χ0v) is 18.8. The number of ether oxygens (including phenoxy) is 1. The van der Waals surface area contributed by atoms with Crippen molar-refractivity contribution in [1.82, 2.24) is 4.90 Å². The van der Waals surface area contributed by atoms with Crippen molar-refractivity contribution in [2.24, 2.45) is 11.3 Å². The van der Waals surface area contributed by atoms with Crippen LogP contribution >= 0.6 is 0 Å². The molecule has 2 aliphatic rings. The van der Waals surface area contributed by atoms with E-state index in [-0.39, 0.29) is 39.4 Å². The number of rotatable bonds is 4. The summed E-state index contributed by atoms with van der Waals surface area (Å²) < 4.78 is 6.41. The first-order valence-electron chi connectivity index (χ1n) is 10.4. The zero-order chi connectivity index (χ0) is 20.8. The zero-order valence-electron chi connectivity index (χ0n) is 18.0. The van der Waals surface area contributed by atoms with Gasteiger partial charge in [0.1, 0.15) is 11.0 Å². The molecule has 0 unspecified atom stereocenters. The van der Waals surface area contributed by atoms with Crippen LogP contribution in [0.1, 0.15) is 34.6 Å². The molecule has 0 bridgehead atoms. The summed E-state index contributed by atoms with van der Waals surface area (Å²) in [6.45, 7) is 11.6. The summed E-state index contributed by atoms with van der Waals surface area (Å²) in [5.41, 5.74) is -0.594. The van der Waals surface area contributed by atoms with Crippen LogP contribution < -0.4 is 5.11 Å². The summed E-state index contributed by atoms with van der Waals surface area (Å²) >= 11 is 0. The van der Waals surface area contributed by atoms with Gasteiger partial charge in [-0.05, 0) is 49.4 Å². The van der Waals surface area contributed by atoms with Gasteiger partial charge >= 0.3 is 0 Å². The predicted octanol–water partition coefficient (Wildman–Crippen LogP) is 4.41. The van der Waals surface area contributed by atoms with E-state index in [1.54, 1.807) is 0 Å². The van der Waals surface area contributed by atoms with Gasteiger partial charge in [-0.3, -0.25) is 0 Å². The predicted molar refractivity (Wildman–Crippen MR) is 117 cm³/mol. The summed E-state index contributed by atoms with van der Waals surface area (Å²) in [5.74, 6) is 0.151. The molecule has 3 nitrogen and oxygen atoms in total. The van der Waals surface area contributed by atoms with Crippen LogP contribution in [0.5, 0.6) is 0 Å². The normalized spacial score (nSPS) is 27.8. The van der Waals surface area contributed by atoms with Crippen LogP contribution in [-0.4, -0.2) is 28.5 Å². The van der Waals surface area contributed by atoms with Crippen LogP contribution in [0.4, 0.5) is 0 Å². The first-order valence-corrected chi connectivity index (χ1v) is 11.7. The van der Waals surface area contributed by atoms with E-state index in [9.17, 15) is 5.11 Å². The van der Waals surface area contributed by atoms with E-state index in [1.807, 2.05) is 11.0 Å². The number of hydrogen-bond acceptors (Lipinski definition) is 3. The molecule has 1 saturated heterocycles. The minimum Gasteiger partial charge on any atom is -0.860 e. The first-order chi connectivity index (χ1) is 13.7. The molecule has 154 valence electrons. The Kier molecular flexibility index (Phi) is 5.20. The van der Waals surface area contributed by atoms with Crippen LogP contribution in [0, 0.1) is 11.3 Å². The van der Waals surface area contributed by atoms with E-state index in [1.165, 1.54) is 9.79 Å². The van der Waals surface area contributed by atoms with Gasteiger partial charge in [0.15, 0.2) is 9.79 Å². The van der Waals surface area contributed by atoms with Crippen molar-refractivity contribution >= 4 is 10.9 Å². The lowest BCUT2D eigenvalue weighted by atomic mass is 9.86. The third kappa shape index (κ3) is 3.47. The monoisotopic (exact) mass is 409 g/mol. The second-order valence-corrected chi connectivity index (χ2v) is 11.7. The van der Waals surface area contributed by atoms with E-state index in [0.717, 1.165) is 0 Å². The molecule has 2 aromatic rings. The van der Waals surface area contributed by atoms with E-state index in [2.05, 4.69) is 95.3 Å². The Labute approximate surface area is 177 Å². The average molecular weight is 410 g/mol. The lowest BCUT2D eigenvalue weighted by Crippen LogP contribution is -2.53. The third-order valence-electron chi connectivity index (χ3n) is 6.37. The van der Waals surface area contributed by atoms with Gasteiger partial charge in [-0.1, -0.05) is 63.2 Å². The fourth-order valence-electron chi connectivity index (χ4n) is 4.77. The standard InChI is InChI=1S/C25H31NO2S/c1-18(29(19-12-8-6-9-13-19)20-14-10-7-11-15-20)21-16-23(27)26-22(24(2,3)4)17-28-25(21,26)5/h6-16,18,21-22H,17H2,1-5H3/t18-,21+,22-,25-/m1/s1. The molecule has 4 atom stereocenters. The highest BCUT2D eigenvalue weighted by Crippen LogP contribution is 2.50. The molecular formula is C25H31NO2S. The highest BCUT2D eigenvalue weighted by atomic mass is 32.2. The topological polar surface area (TPSA) is 35.5 Å². The van der Waals surface area contributed by atoms with Crippen molar-refractivity contribution in [2.75, 3.05) is 6.61 Å². The summed E-state index contributed by atoms with van der Waals surface area (Å²) in [5, 5.41) is 13.4. The lowest BCUT2D eigenvalue weighted by molar-refractivity contribution is -0.342. The Morgan fingerprint density at radius 1 is 1.03 bits per heavy atom. The van der Waals surface area contributed by atoms with Gasteiger partial charge in [0, 0.05) is 0 Å². The van der Waals surface area contributed by atoms with Crippen molar-refractivity contribution in [3.8, 4) is 0 Å². The van der Waals surface area contributed by atoms with Crippen molar-refractivity contribution < 1.29 is 9.84 Å². The van der Waals surface area contributed by atoms with Gasteiger partial charge in [0.2, 0.25) is 0 Å². The largest absolute Gasteiger partial charge is 0.860 e. The number of nitrogens with zero attached hydrogens (tertiary/aromatic N) is 1. The minimum absolute atomic E-state index is 0.0140. The van der Waals surface area contributed by atoms with E-state index < -0.39 is 5.72 Å². The van der Waals surface area contributed by atoms with Crippen molar-refractivity contribution in [3.63, 3.8) is 0 Å². The fraction of sp³-hybridized carbons (Fsp3) is 0.440. The molecule has 2 aliphatic heterocycles. The highest BCUT2D eigenvalue weighted by Gasteiger charge is 2.58. The SMILES string of the molecule is C[C@H]([C@@H]1C=C([O-])N2[C@@H](C(C)(C)C)CO[C@]12C)[S+](c1ccccc1)c1ccccc1. The molecule has 4 heteroatoms. The van der Waals surface area contributed by atoms with Crippen LogP contribution in [0.2, 0.25) is 0 Å². The average Bonchev–Trinajstić information content (AvgIpc) is 3.17. The maximum atomic E-state index is 13.1. The molecule has 0 saturated carbocycles. The van der Waals surface area contributed by atoms with E-state index in [4.69, 9.17) is 4.74 Å². The Bertz CT molecular complexity index is 837. The molecule has 1 fully saturated rings. The van der Waals surface area contributed by atoms with E-state index >= 15 is 0 Å². The second-order valence-electron chi connectivity index (χ2n) is 9.32. The molecule has 0 amide bonds. The highest BCUT2D eigenvalue weighted by molar-refractivity contribution is 7.97. The minimum atomic E-state index is -0.580. The quantitative estimate of drug-likeness (QED) is 0.702. The number of hydrogen-bond donors (Lipinski definition) is 0. The van der Waals surface area contributed by atoms with Crippen molar-refractivity contribution in [1.29, 1.82) is 0 Å². The Balaban J connectivity index is 1.73. The Morgan fingerprint density at radius 3 is 2.03 bits per heavy atom. The van der Waals surface area contributed by atoms with Gasteiger partial charge in [-0.2, -0.15) is 0 Å². The van der Waals surface area contributed by atoms with Crippen molar-refractivity contribution in [2.45, 2.75) is 61.4 Å². The molecule has 0 radical (unpaired) electrons. The van der Waals surface area contributed by atoms with Gasteiger partial charge < -0.3 is 14.7 Å². The molecule has 0 aromatic heterocycles. The molecule has 29 heavy (non-hydrogen) atoms. The van der Waals surface area contributed by atoms with Gasteiger partial charge in [-0.15, -0.1) is 0 Å². The Hall–Kier alpha value is -1.91. The molecule has 4 rings (SSSR count). The molecule has 0 aliphatic carbocycles. The Morgan fingerprint density at radius 2 is 1.55 bits per heavy atom. The van der Waals surface area contributed by atoms with Gasteiger partial charge in [-0.25, -0.2) is 0 Å². The molecule has 2 aromatic carbocycles. The second kappa shape index (κ2) is 7.41. The molecular weight excluding hydrogens is 378 g/mol. The molecule has 0 N–H and O–H groups in total. The van der Waals surface area contributed by atoms with Gasteiger partial charge in [0.25, 0.3) is 0 Å². The molecule has 2 heterocycles. The number of benzene rings is 2. The summed E-state index contributed by atoms with van der Waals surface area (Å²) in [7, 11) is -0.159. The lowest BCUT2D eigenvalue weighted by Gasteiger charge is -2.43. The maximum absolute atomic E-state index is 13.1. The first kappa shape index (κ1) is 20.4. The summed E-state index contributed by atoms with van der Waals surface area (Å²) in [6, 6.07) is 21.4. The smallest absolute Gasteiger partial charge is 0.160 e. The third-order valence-corrected chi connectivity index (χ3v) is 8.97. The maximum Gasteiger partial charge on any atom is 0.160 e. The van der Waals surface area contributed by atoms with E-state index in [0.29, 0.717) is 6.61 Å². The number of fused-ring (bicyclic) bond motifs is 1. The van der Waals surface area contributed by atoms with Gasteiger partial charge in [0.05, 0.1) is 29.5 Å². The summed E-state index contributed by atoms with van der Waals surface area (Å²) in [4.78, 5) is 4.63. The van der Waals surface area contributed by atoms with Crippen molar-refractivity contribution in [3.05, 3.63) is 72.6 Å². The molecule has 0 spiro atoms. The van der Waals surface area contributed by atoms with Crippen LogP contribution in [0.25, 0.3) is 0 Å². The van der Waals surface area contributed by atoms with Crippen LogP contribution in [-0.2, 0) is 15.6 Å². The summed E-state index contributed by atoms with van der Waals surface area (Å²) in [6.07, 6.45) is 1.93. The fourth-order valence-corrected chi connectivity index (χ4v) is 7.43.